The van der Waals surface area contributed by atoms with Crippen molar-refractivity contribution < 1.29 is 12.3 Å². The molecule has 0 spiro atoms. The maximum Gasteiger partial charge on any atom is 0.327 e. The van der Waals surface area contributed by atoms with Gasteiger partial charge in [-0.15, -0.1) is 0 Å². The number of hydrogen-bond donors (Lipinski definition) is 0. The van der Waals surface area contributed by atoms with Gasteiger partial charge >= 0.3 is 10.0 Å². The summed E-state index contributed by atoms with van der Waals surface area (Å²) >= 11 is 0. The van der Waals surface area contributed by atoms with Crippen LogP contribution >= 0.6 is 0 Å². The molecule has 0 saturated heterocycles. The maximum atomic E-state index is 14.8. The fourth-order valence-electron chi connectivity index (χ4n) is 5.79. The van der Waals surface area contributed by atoms with E-state index in [9.17, 15) is 8.42 Å². The Bertz CT molecular complexity index is 1410. The van der Waals surface area contributed by atoms with E-state index in [-0.39, 0.29) is 3.89 Å². The Hall–Kier alpha value is -2.95. The zero-order valence-corrected chi connectivity index (χ0v) is 22.0. The van der Waals surface area contributed by atoms with E-state index in [0.717, 1.165) is 34.7 Å². The van der Waals surface area contributed by atoms with Crippen molar-refractivity contribution in [2.45, 2.75) is 57.0 Å². The van der Waals surface area contributed by atoms with Crippen LogP contribution in [0, 0.1) is 12.8 Å². The Labute approximate surface area is 216 Å². The number of benzene rings is 4. The molecule has 4 aromatic rings. The molecule has 0 N–H and O–H groups in total. The molecule has 36 heavy (non-hydrogen) atoms. The second kappa shape index (κ2) is 10.6. The Morgan fingerprint density at radius 1 is 0.694 bits per heavy atom. The van der Waals surface area contributed by atoms with Crippen molar-refractivity contribution in [3.8, 4) is 0 Å². The minimum absolute atomic E-state index is 0.0169. The average molecular weight is 499 g/mol. The maximum absolute atomic E-state index is 14.8. The van der Waals surface area contributed by atoms with Crippen molar-refractivity contribution in [3.05, 3.63) is 114 Å². The minimum Gasteiger partial charge on any atom is -0.206 e. The number of hydrogen-bond acceptors (Lipinski definition) is 2. The van der Waals surface area contributed by atoms with Crippen LogP contribution in [0.15, 0.2) is 102 Å². The molecule has 1 unspecified atom stereocenters. The molecule has 1 aliphatic rings. The molecule has 4 aromatic carbocycles. The van der Waals surface area contributed by atoms with E-state index in [1.807, 2.05) is 60.7 Å². The molecule has 5 rings (SSSR count). The first-order chi connectivity index (χ1) is 17.5. The normalized spacial score (nSPS) is 16.6. The number of aryl methyl sites for hydroxylation is 1. The highest BCUT2D eigenvalue weighted by Gasteiger charge is 2.45. The molecule has 0 radical (unpaired) electrons. The third kappa shape index (κ3) is 5.25. The number of sulfonamides is 1. The van der Waals surface area contributed by atoms with E-state index < -0.39 is 10.0 Å². The highest BCUT2D eigenvalue weighted by Crippen LogP contribution is 2.36. The summed E-state index contributed by atoms with van der Waals surface area (Å²) in [5.74, 6) is 0.406. The van der Waals surface area contributed by atoms with Gasteiger partial charge in [0.2, 0.25) is 0 Å². The molecule has 3 nitrogen and oxygen atoms in total. The zero-order valence-electron chi connectivity index (χ0n) is 21.1. The van der Waals surface area contributed by atoms with Crippen molar-refractivity contribution in [2.75, 3.05) is 6.54 Å². The summed E-state index contributed by atoms with van der Waals surface area (Å²) in [6.45, 7) is 3.63. The predicted octanol–water partition coefficient (Wildman–Crippen LogP) is 7.63. The highest BCUT2D eigenvalue weighted by molar-refractivity contribution is 7.86. The van der Waals surface area contributed by atoms with Gasteiger partial charge in [0.25, 0.3) is 0 Å². The van der Waals surface area contributed by atoms with Crippen molar-refractivity contribution in [3.63, 3.8) is 0 Å². The van der Waals surface area contributed by atoms with Gasteiger partial charge in [0.15, 0.2) is 0 Å². The molecule has 1 saturated carbocycles. The quantitative estimate of drug-likeness (QED) is 0.234. The molecule has 0 aromatic heterocycles. The molecule has 0 aliphatic heterocycles. The van der Waals surface area contributed by atoms with Gasteiger partial charge in [-0.3, -0.25) is 0 Å². The fourth-order valence-corrected chi connectivity index (χ4v) is 7.80. The summed E-state index contributed by atoms with van der Waals surface area (Å²) < 4.78 is 29.7. The molecule has 1 aliphatic carbocycles. The predicted molar refractivity (Wildman–Crippen MR) is 148 cm³/mol. The molecule has 186 valence electrons. The van der Waals surface area contributed by atoms with Crippen LogP contribution in [0.25, 0.3) is 10.8 Å². The molecule has 0 bridgehead atoms. The van der Waals surface area contributed by atoms with E-state index in [2.05, 4.69) is 43.3 Å². The lowest BCUT2D eigenvalue weighted by Crippen LogP contribution is -2.53. The molecule has 4 heteroatoms. The fraction of sp³-hybridized carbons (Fsp3) is 0.312. The van der Waals surface area contributed by atoms with Crippen LogP contribution in [0.2, 0.25) is 0 Å². The lowest BCUT2D eigenvalue weighted by atomic mass is 9.88. The molecule has 1 fully saturated rings. The van der Waals surface area contributed by atoms with Crippen LogP contribution in [0.5, 0.6) is 0 Å². The van der Waals surface area contributed by atoms with Gasteiger partial charge in [0.05, 0.1) is 6.54 Å². The third-order valence-corrected chi connectivity index (χ3v) is 10.0. The van der Waals surface area contributed by atoms with Crippen LogP contribution in [-0.4, -0.2) is 18.9 Å². The van der Waals surface area contributed by atoms with E-state index >= 15 is 0 Å². The SMILES string of the molecule is Cc1ccc(C[N+](Cc2ccccc2)(CC2CCCCC2)S(=O)(=O)c2ccc3ccccc3c2)cc1. The first-order valence-electron chi connectivity index (χ1n) is 13.1. The van der Waals surface area contributed by atoms with Gasteiger partial charge in [0.1, 0.15) is 18.0 Å². The lowest BCUT2D eigenvalue weighted by Gasteiger charge is -2.40. The monoisotopic (exact) mass is 498 g/mol. The highest BCUT2D eigenvalue weighted by atomic mass is 32.2. The van der Waals surface area contributed by atoms with Crippen molar-refractivity contribution in [1.82, 2.24) is 0 Å². The summed E-state index contributed by atoms with van der Waals surface area (Å²) in [6.07, 6.45) is 5.85. The summed E-state index contributed by atoms with van der Waals surface area (Å²) in [4.78, 5) is 0.417. The van der Waals surface area contributed by atoms with Crippen LogP contribution < -0.4 is 0 Å². The first-order valence-corrected chi connectivity index (χ1v) is 14.6. The van der Waals surface area contributed by atoms with Crippen molar-refractivity contribution in [1.29, 1.82) is 0 Å². The minimum atomic E-state index is -3.72. The van der Waals surface area contributed by atoms with Gasteiger partial charge < -0.3 is 0 Å². The van der Waals surface area contributed by atoms with E-state index in [4.69, 9.17) is 0 Å². The molecule has 0 heterocycles. The lowest BCUT2D eigenvalue weighted by molar-refractivity contribution is -0.838. The van der Waals surface area contributed by atoms with Gasteiger partial charge in [-0.05, 0) is 42.7 Å². The van der Waals surface area contributed by atoms with E-state index in [0.29, 0.717) is 30.4 Å². The molecule has 0 amide bonds. The molecular weight excluding hydrogens is 462 g/mol. The summed E-state index contributed by atoms with van der Waals surface area (Å²) in [5.41, 5.74) is 3.31. The second-order valence-corrected chi connectivity index (χ2v) is 12.7. The van der Waals surface area contributed by atoms with Gasteiger partial charge in [-0.2, -0.15) is 8.42 Å². The standard InChI is InChI=1S/C32H36NO2S/c1-26-16-18-29(19-17-26)25-33(23-27-10-4-2-5-11-27,24-28-12-6-3-7-13-28)36(34,35)32-21-20-30-14-8-9-15-31(30)22-32/h2,4-5,8-11,14-22,28H,3,6-7,12-13,23-25H2,1H3/q+1. The summed E-state index contributed by atoms with van der Waals surface area (Å²) in [7, 11) is -3.72. The van der Waals surface area contributed by atoms with Gasteiger partial charge in [0, 0.05) is 17.0 Å². The first kappa shape index (κ1) is 24.7. The van der Waals surface area contributed by atoms with E-state index in [1.165, 1.54) is 24.8 Å². The third-order valence-electron chi connectivity index (χ3n) is 7.75. The number of quaternary nitrogens is 1. The Kier molecular flexibility index (Phi) is 7.27. The molecule has 1 atom stereocenters. The van der Waals surface area contributed by atoms with Crippen molar-refractivity contribution in [2.24, 2.45) is 5.92 Å². The topological polar surface area (TPSA) is 34.1 Å². The van der Waals surface area contributed by atoms with Crippen LogP contribution in [0.4, 0.5) is 0 Å². The summed E-state index contributed by atoms with van der Waals surface area (Å²) in [6, 6.07) is 32.2. The Morgan fingerprint density at radius 3 is 2.00 bits per heavy atom. The molecular formula is C32H36NO2S+. The summed E-state index contributed by atoms with van der Waals surface area (Å²) in [5, 5.41) is 2.02. The number of fused-ring (bicyclic) bond motifs is 1. The number of nitrogens with zero attached hydrogens (tertiary/aromatic N) is 1. The van der Waals surface area contributed by atoms with Gasteiger partial charge in [-0.1, -0.05) is 110 Å². The van der Waals surface area contributed by atoms with Crippen molar-refractivity contribution >= 4 is 20.8 Å². The smallest absolute Gasteiger partial charge is 0.206 e. The van der Waals surface area contributed by atoms with Crippen LogP contribution in [0.1, 0.15) is 48.8 Å². The van der Waals surface area contributed by atoms with Gasteiger partial charge in [-0.25, -0.2) is 3.89 Å². The van der Waals surface area contributed by atoms with Crippen LogP contribution in [0.3, 0.4) is 0 Å². The van der Waals surface area contributed by atoms with E-state index in [1.54, 1.807) is 0 Å². The Morgan fingerprint density at radius 2 is 1.31 bits per heavy atom. The zero-order chi connectivity index (χ0) is 25.0. The van der Waals surface area contributed by atoms with Crippen LogP contribution in [-0.2, 0) is 23.1 Å². The Balaban J connectivity index is 1.66. The second-order valence-electron chi connectivity index (χ2n) is 10.5. The largest absolute Gasteiger partial charge is 0.327 e. The number of rotatable bonds is 8. The average Bonchev–Trinajstić information content (AvgIpc) is 2.91.